The molecule has 1 amide bonds. The molecule has 102 valence electrons. The van der Waals surface area contributed by atoms with E-state index in [-0.39, 0.29) is 32.2 Å². The number of nitrogens with zero attached hydrogens (tertiary/aromatic N) is 3. The van der Waals surface area contributed by atoms with E-state index in [1.807, 2.05) is 18.2 Å². The van der Waals surface area contributed by atoms with Crippen LogP contribution in [0.5, 0.6) is 0 Å². The Labute approximate surface area is 110 Å². The molecule has 0 fully saturated rings. The van der Waals surface area contributed by atoms with Crippen molar-refractivity contribution in [1.29, 1.82) is 0 Å². The smallest absolute Gasteiger partial charge is 0.272 e. The summed E-state index contributed by atoms with van der Waals surface area (Å²) in [5, 5.41) is 18.0. The molecule has 0 atom stereocenters. The molecule has 2 rings (SSSR count). The topological polar surface area (TPSA) is 78.1 Å². The predicted octanol–water partition coefficient (Wildman–Crippen LogP) is 0.0695. The molecule has 0 radical (unpaired) electrons. The molecule has 19 heavy (non-hydrogen) atoms. The number of rotatable bonds is 5. The van der Waals surface area contributed by atoms with Crippen LogP contribution in [-0.2, 0) is 0 Å². The summed E-state index contributed by atoms with van der Waals surface area (Å²) >= 11 is 0. The Morgan fingerprint density at radius 1 is 1.32 bits per heavy atom. The van der Waals surface area contributed by atoms with Gasteiger partial charge < -0.3 is 15.1 Å². The number of pyridine rings is 1. The van der Waals surface area contributed by atoms with E-state index in [9.17, 15) is 4.79 Å². The number of carbonyl (C=O) groups excluding carboxylic acids is 1. The molecular formula is C13H17N3O3. The fourth-order valence-electron chi connectivity index (χ4n) is 2.08. The van der Waals surface area contributed by atoms with Gasteiger partial charge in [-0.3, -0.25) is 9.20 Å². The van der Waals surface area contributed by atoms with Crippen molar-refractivity contribution in [2.45, 2.75) is 6.92 Å². The fraction of sp³-hybridized carbons (Fsp3) is 0.385. The van der Waals surface area contributed by atoms with Crippen molar-refractivity contribution in [3.63, 3.8) is 0 Å². The number of carbonyl (C=O) groups is 1. The summed E-state index contributed by atoms with van der Waals surface area (Å²) in [6, 6.07) is 5.51. The Morgan fingerprint density at radius 2 is 2.00 bits per heavy atom. The molecule has 6 heteroatoms. The summed E-state index contributed by atoms with van der Waals surface area (Å²) in [6.45, 7) is 1.89. The highest BCUT2D eigenvalue weighted by molar-refractivity contribution is 5.94. The first-order valence-electron chi connectivity index (χ1n) is 6.13. The van der Waals surface area contributed by atoms with Gasteiger partial charge in [0.15, 0.2) is 0 Å². The van der Waals surface area contributed by atoms with Crippen LogP contribution in [-0.4, -0.2) is 56.7 Å². The third-order valence-electron chi connectivity index (χ3n) is 2.93. The lowest BCUT2D eigenvalue weighted by Crippen LogP contribution is -2.36. The summed E-state index contributed by atoms with van der Waals surface area (Å²) in [7, 11) is 0. The van der Waals surface area contributed by atoms with Gasteiger partial charge in [-0.25, -0.2) is 4.98 Å². The SMILES string of the molecule is Cc1nc2ccccn2c1C(=O)N(CCO)CCO. The molecule has 0 aliphatic heterocycles. The monoisotopic (exact) mass is 263 g/mol. The first-order valence-corrected chi connectivity index (χ1v) is 6.13. The zero-order valence-electron chi connectivity index (χ0n) is 10.8. The van der Waals surface area contributed by atoms with Crippen molar-refractivity contribution in [2.75, 3.05) is 26.3 Å². The van der Waals surface area contributed by atoms with Gasteiger partial charge in [0.1, 0.15) is 11.3 Å². The third-order valence-corrected chi connectivity index (χ3v) is 2.93. The lowest BCUT2D eigenvalue weighted by Gasteiger charge is -2.20. The van der Waals surface area contributed by atoms with Crippen molar-refractivity contribution < 1.29 is 15.0 Å². The molecule has 0 unspecified atom stereocenters. The van der Waals surface area contributed by atoms with Gasteiger partial charge in [-0.05, 0) is 19.1 Å². The van der Waals surface area contributed by atoms with E-state index in [0.29, 0.717) is 17.0 Å². The highest BCUT2D eigenvalue weighted by Gasteiger charge is 2.21. The van der Waals surface area contributed by atoms with E-state index in [1.54, 1.807) is 17.5 Å². The molecule has 6 nitrogen and oxygen atoms in total. The van der Waals surface area contributed by atoms with Crippen LogP contribution in [0.1, 0.15) is 16.2 Å². The van der Waals surface area contributed by atoms with Crippen LogP contribution in [0.15, 0.2) is 24.4 Å². The van der Waals surface area contributed by atoms with Gasteiger partial charge >= 0.3 is 0 Å². The molecule has 0 saturated carbocycles. The molecule has 2 N–H and O–H groups in total. The normalized spacial score (nSPS) is 10.9. The highest BCUT2D eigenvalue weighted by Crippen LogP contribution is 2.14. The number of aliphatic hydroxyl groups is 2. The molecular weight excluding hydrogens is 246 g/mol. The van der Waals surface area contributed by atoms with E-state index >= 15 is 0 Å². The number of aromatic nitrogens is 2. The minimum atomic E-state index is -0.237. The van der Waals surface area contributed by atoms with Crippen molar-refractivity contribution in [3.05, 3.63) is 35.8 Å². The first kappa shape index (κ1) is 13.5. The summed E-state index contributed by atoms with van der Waals surface area (Å²) in [6.07, 6.45) is 1.78. The molecule has 2 heterocycles. The summed E-state index contributed by atoms with van der Waals surface area (Å²) in [5.41, 5.74) is 1.81. The van der Waals surface area contributed by atoms with Crippen molar-refractivity contribution in [2.24, 2.45) is 0 Å². The Bertz CT molecular complexity index is 574. The van der Waals surface area contributed by atoms with Gasteiger partial charge in [0.2, 0.25) is 0 Å². The summed E-state index contributed by atoms with van der Waals surface area (Å²) in [4.78, 5) is 18.2. The predicted molar refractivity (Wildman–Crippen MR) is 70.0 cm³/mol. The second kappa shape index (κ2) is 5.81. The van der Waals surface area contributed by atoms with Crippen molar-refractivity contribution >= 4 is 11.6 Å². The Hall–Kier alpha value is -1.92. The maximum atomic E-state index is 12.5. The molecule has 0 aliphatic carbocycles. The molecule has 0 aliphatic rings. The first-order chi connectivity index (χ1) is 9.19. The van der Waals surface area contributed by atoms with Gasteiger partial charge in [-0.1, -0.05) is 6.07 Å². The van der Waals surface area contributed by atoms with E-state index in [0.717, 1.165) is 0 Å². The summed E-state index contributed by atoms with van der Waals surface area (Å²) < 4.78 is 1.72. The number of hydrogen-bond acceptors (Lipinski definition) is 4. The van der Waals surface area contributed by atoms with Crippen LogP contribution in [0.4, 0.5) is 0 Å². The molecule has 2 aromatic rings. The van der Waals surface area contributed by atoms with Gasteiger partial charge in [-0.2, -0.15) is 0 Å². The standard InChI is InChI=1S/C13H17N3O3/c1-10-12(13(19)15(6-8-17)7-9-18)16-5-3-2-4-11(16)14-10/h2-5,17-18H,6-9H2,1H3. The molecule has 0 spiro atoms. The zero-order chi connectivity index (χ0) is 13.8. The third kappa shape index (κ3) is 2.59. The second-order valence-electron chi connectivity index (χ2n) is 4.21. The maximum Gasteiger partial charge on any atom is 0.272 e. The van der Waals surface area contributed by atoms with Gasteiger partial charge in [0.25, 0.3) is 5.91 Å². The van der Waals surface area contributed by atoms with Crippen LogP contribution < -0.4 is 0 Å². The van der Waals surface area contributed by atoms with E-state index in [1.165, 1.54) is 4.90 Å². The van der Waals surface area contributed by atoms with E-state index in [4.69, 9.17) is 10.2 Å². The number of fused-ring (bicyclic) bond motifs is 1. The van der Waals surface area contributed by atoms with Crippen LogP contribution in [0.3, 0.4) is 0 Å². The number of imidazole rings is 1. The number of aliphatic hydroxyl groups excluding tert-OH is 2. The Kier molecular flexibility index (Phi) is 4.13. The van der Waals surface area contributed by atoms with Gasteiger partial charge in [0.05, 0.1) is 18.9 Å². The summed E-state index contributed by atoms with van der Waals surface area (Å²) in [5.74, 6) is -0.237. The van der Waals surface area contributed by atoms with Gasteiger partial charge in [0, 0.05) is 19.3 Å². The number of aryl methyl sites for hydroxylation is 1. The second-order valence-corrected chi connectivity index (χ2v) is 4.21. The Morgan fingerprint density at radius 3 is 2.63 bits per heavy atom. The lowest BCUT2D eigenvalue weighted by atomic mass is 10.3. The lowest BCUT2D eigenvalue weighted by molar-refractivity contribution is 0.0677. The van der Waals surface area contributed by atoms with Crippen LogP contribution in [0.25, 0.3) is 5.65 Å². The molecule has 0 saturated heterocycles. The number of amides is 1. The largest absolute Gasteiger partial charge is 0.395 e. The van der Waals surface area contributed by atoms with Crippen LogP contribution >= 0.6 is 0 Å². The van der Waals surface area contributed by atoms with Crippen LogP contribution in [0.2, 0.25) is 0 Å². The molecule has 0 bridgehead atoms. The quantitative estimate of drug-likeness (QED) is 0.800. The molecule has 2 aromatic heterocycles. The van der Waals surface area contributed by atoms with Crippen LogP contribution in [0, 0.1) is 6.92 Å². The van der Waals surface area contributed by atoms with Crippen molar-refractivity contribution in [1.82, 2.24) is 14.3 Å². The highest BCUT2D eigenvalue weighted by atomic mass is 16.3. The van der Waals surface area contributed by atoms with Gasteiger partial charge in [-0.15, -0.1) is 0 Å². The average Bonchev–Trinajstić information content (AvgIpc) is 2.73. The van der Waals surface area contributed by atoms with E-state index in [2.05, 4.69) is 4.98 Å². The maximum absolute atomic E-state index is 12.5. The number of hydrogen-bond donors (Lipinski definition) is 2. The van der Waals surface area contributed by atoms with Crippen molar-refractivity contribution in [3.8, 4) is 0 Å². The van der Waals surface area contributed by atoms with E-state index < -0.39 is 0 Å². The minimum absolute atomic E-state index is 0.137. The fourth-order valence-corrected chi connectivity index (χ4v) is 2.08. The average molecular weight is 263 g/mol. The molecule has 0 aromatic carbocycles. The zero-order valence-corrected chi connectivity index (χ0v) is 10.8. The minimum Gasteiger partial charge on any atom is -0.395 e. The Balaban J connectivity index is 2.42.